The maximum absolute atomic E-state index is 15.5. The first-order valence-corrected chi connectivity index (χ1v) is 19.8. The average molecular weight is 773 g/mol. The number of hydrogen-bond donors (Lipinski definition) is 3. The first kappa shape index (κ1) is 36.2. The van der Waals surface area contributed by atoms with Crippen molar-refractivity contribution in [3.05, 3.63) is 93.9 Å². The molecule has 0 aliphatic carbocycles. The Labute approximate surface area is 330 Å². The molecule has 4 aliphatic heterocycles. The molecule has 56 heavy (non-hydrogen) atoms. The van der Waals surface area contributed by atoms with Crippen molar-refractivity contribution in [3.63, 3.8) is 0 Å². The Hall–Kier alpha value is -5.47. The predicted molar refractivity (Wildman–Crippen MR) is 219 cm³/mol. The van der Waals surface area contributed by atoms with Gasteiger partial charge in [-0.2, -0.15) is 10.1 Å². The van der Waals surface area contributed by atoms with E-state index in [1.54, 1.807) is 10.7 Å². The molecule has 3 N–H and O–H groups in total. The summed E-state index contributed by atoms with van der Waals surface area (Å²) in [7, 11) is 1.89. The number of hydrogen-bond acceptors (Lipinski definition) is 10. The smallest absolute Gasteiger partial charge is 0.243 e. The average Bonchev–Trinajstić information content (AvgIpc) is 3.74. The van der Waals surface area contributed by atoms with E-state index in [1.807, 2.05) is 30.3 Å². The molecule has 6 heterocycles. The minimum absolute atomic E-state index is 0.227. The van der Waals surface area contributed by atoms with Gasteiger partial charge >= 0.3 is 0 Å². The summed E-state index contributed by atoms with van der Waals surface area (Å²) in [5.41, 5.74) is 10.1. The number of carbonyl (C=O) groups excluding carboxylic acids is 2. The topological polar surface area (TPSA) is 124 Å². The first-order valence-electron chi connectivity index (χ1n) is 19.4. The number of rotatable bonds is 7. The van der Waals surface area contributed by atoms with Crippen molar-refractivity contribution in [1.82, 2.24) is 34.9 Å². The van der Waals surface area contributed by atoms with E-state index in [0.29, 0.717) is 37.6 Å². The van der Waals surface area contributed by atoms with Crippen LogP contribution in [0.5, 0.6) is 0 Å². The Morgan fingerprint density at radius 3 is 2.41 bits per heavy atom. The van der Waals surface area contributed by atoms with Gasteiger partial charge < -0.3 is 20.4 Å². The van der Waals surface area contributed by atoms with Gasteiger partial charge in [-0.25, -0.2) is 14.1 Å². The van der Waals surface area contributed by atoms with Crippen LogP contribution in [0.1, 0.15) is 59.1 Å². The molecule has 2 fully saturated rings. The number of halogens is 1. The highest BCUT2D eigenvalue weighted by Crippen LogP contribution is 2.36. The van der Waals surface area contributed by atoms with E-state index in [0.717, 1.165) is 101 Å². The molecule has 2 saturated heterocycles. The van der Waals surface area contributed by atoms with Crippen molar-refractivity contribution in [2.45, 2.75) is 71.6 Å². The number of nitrogens with zero attached hydrogens (tertiary/aromatic N) is 7. The molecule has 3 aromatic carbocycles. The molecule has 288 valence electrons. The SMILES string of the molecule is Cc1cccc(C)c1Nc1nn(C)c2nc(Nc3ccc4c(c3)CN(C(=S)C3CCN(c5cc6c(cc5F)CN(C5CCC(=O)NC5=O)C6)CC3)CC4)ncc12. The van der Waals surface area contributed by atoms with Crippen LogP contribution >= 0.6 is 12.2 Å². The van der Waals surface area contributed by atoms with Crippen LogP contribution in [0.4, 0.5) is 33.2 Å². The third-order valence-electron chi connectivity index (χ3n) is 11.9. The van der Waals surface area contributed by atoms with Crippen LogP contribution in [0.15, 0.2) is 54.7 Å². The van der Waals surface area contributed by atoms with Crippen molar-refractivity contribution in [2.24, 2.45) is 13.0 Å². The van der Waals surface area contributed by atoms with E-state index >= 15 is 4.39 Å². The van der Waals surface area contributed by atoms with Gasteiger partial charge in [-0.05, 0) is 97.2 Å². The van der Waals surface area contributed by atoms with Gasteiger partial charge in [0.25, 0.3) is 0 Å². The number of fused-ring (bicyclic) bond motifs is 3. The molecule has 2 aromatic heterocycles. The standard InChI is InChI=1S/C42H45FN10O2S/c1-24-5-4-6-25(2)37(24)47-38-32-20-44-42(48-39(32)50(3)49-38)45-31-8-7-26-11-16-52(21-28(26)17-31)41(56)27-12-14-51(15-13-27)35-19-30-23-53(22-29(30)18-33(35)43)34-9-10-36(54)46-40(34)55/h4-8,17-20,27,34H,9-16,21-23H2,1-3H3,(H,47,49)(H,44,45,48)(H,46,54,55). The van der Waals surface area contributed by atoms with Crippen molar-refractivity contribution >= 4 is 68.9 Å². The molecule has 2 amide bonds. The molecule has 4 aliphatic rings. The van der Waals surface area contributed by atoms with Crippen LogP contribution in [0.2, 0.25) is 0 Å². The number of aryl methyl sites for hydroxylation is 3. The first-order chi connectivity index (χ1) is 27.1. The van der Waals surface area contributed by atoms with Crippen LogP contribution < -0.4 is 20.9 Å². The number of amides is 2. The van der Waals surface area contributed by atoms with Gasteiger partial charge in [0.2, 0.25) is 17.8 Å². The summed E-state index contributed by atoms with van der Waals surface area (Å²) < 4.78 is 17.3. The van der Waals surface area contributed by atoms with E-state index in [1.165, 1.54) is 11.1 Å². The minimum atomic E-state index is -0.365. The Balaban J connectivity index is 0.824. The molecular weight excluding hydrogens is 728 g/mol. The maximum Gasteiger partial charge on any atom is 0.243 e. The quantitative estimate of drug-likeness (QED) is 0.127. The molecule has 12 nitrogen and oxygen atoms in total. The highest BCUT2D eigenvalue weighted by atomic mass is 32.1. The Morgan fingerprint density at radius 2 is 1.64 bits per heavy atom. The molecular formula is C42H45FN10O2S. The van der Waals surface area contributed by atoms with Crippen molar-refractivity contribution < 1.29 is 14.0 Å². The number of piperidine rings is 2. The fraction of sp³-hybridized carbons (Fsp3) is 0.381. The summed E-state index contributed by atoms with van der Waals surface area (Å²) in [6, 6.07) is 15.9. The lowest BCUT2D eigenvalue weighted by molar-refractivity contribution is -0.137. The highest BCUT2D eigenvalue weighted by molar-refractivity contribution is 7.80. The van der Waals surface area contributed by atoms with Crippen LogP contribution in [0.25, 0.3) is 11.0 Å². The van der Waals surface area contributed by atoms with Crippen LogP contribution in [0, 0.1) is 25.6 Å². The Morgan fingerprint density at radius 1 is 0.893 bits per heavy atom. The summed E-state index contributed by atoms with van der Waals surface area (Å²) in [6.07, 6.45) is 5.27. The van der Waals surface area contributed by atoms with E-state index in [4.69, 9.17) is 22.3 Å². The van der Waals surface area contributed by atoms with Gasteiger partial charge in [0, 0.05) is 76.2 Å². The lowest BCUT2D eigenvalue weighted by atomic mass is 9.93. The number of imide groups is 1. The summed E-state index contributed by atoms with van der Waals surface area (Å²) >= 11 is 6.14. The maximum atomic E-state index is 15.5. The number of benzene rings is 3. The second-order valence-electron chi connectivity index (χ2n) is 15.6. The number of aromatic nitrogens is 4. The molecule has 0 bridgehead atoms. The van der Waals surface area contributed by atoms with Gasteiger partial charge in [-0.1, -0.05) is 36.5 Å². The van der Waals surface area contributed by atoms with Gasteiger partial charge in [0.1, 0.15) is 5.82 Å². The number of nitrogens with one attached hydrogen (secondary N) is 3. The van der Waals surface area contributed by atoms with Gasteiger partial charge in [-0.3, -0.25) is 19.8 Å². The highest BCUT2D eigenvalue weighted by Gasteiger charge is 2.36. The lowest BCUT2D eigenvalue weighted by Gasteiger charge is -2.39. The molecule has 0 saturated carbocycles. The van der Waals surface area contributed by atoms with Crippen molar-refractivity contribution in [1.29, 1.82) is 0 Å². The van der Waals surface area contributed by atoms with Gasteiger partial charge in [-0.15, -0.1) is 0 Å². The number of thiocarbonyl (C=S) groups is 1. The van der Waals surface area contributed by atoms with E-state index in [9.17, 15) is 9.59 Å². The molecule has 5 aromatic rings. The van der Waals surface area contributed by atoms with Crippen LogP contribution in [-0.2, 0) is 42.7 Å². The fourth-order valence-electron chi connectivity index (χ4n) is 8.83. The second kappa shape index (κ2) is 14.6. The monoisotopic (exact) mass is 772 g/mol. The summed E-state index contributed by atoms with van der Waals surface area (Å²) in [6.45, 7) is 8.30. The van der Waals surface area contributed by atoms with Gasteiger partial charge in [0.05, 0.1) is 22.1 Å². The number of anilines is 5. The summed E-state index contributed by atoms with van der Waals surface area (Å²) in [5, 5.41) is 14.9. The molecule has 1 unspecified atom stereocenters. The van der Waals surface area contributed by atoms with Crippen LogP contribution in [0.3, 0.4) is 0 Å². The normalized spacial score (nSPS) is 18.9. The zero-order chi connectivity index (χ0) is 38.7. The molecule has 0 radical (unpaired) electrons. The van der Waals surface area contributed by atoms with E-state index < -0.39 is 0 Å². The van der Waals surface area contributed by atoms with Crippen molar-refractivity contribution in [2.75, 3.05) is 35.2 Å². The zero-order valence-corrected chi connectivity index (χ0v) is 32.7. The third-order valence-corrected chi connectivity index (χ3v) is 12.5. The van der Waals surface area contributed by atoms with Crippen molar-refractivity contribution in [3.8, 4) is 0 Å². The van der Waals surface area contributed by atoms with E-state index in [2.05, 4.69) is 74.9 Å². The summed E-state index contributed by atoms with van der Waals surface area (Å²) in [5.74, 6) is 0.755. The Kier molecular flexibility index (Phi) is 9.40. The largest absolute Gasteiger partial charge is 0.369 e. The zero-order valence-electron chi connectivity index (χ0n) is 31.9. The van der Waals surface area contributed by atoms with E-state index in [-0.39, 0.29) is 29.6 Å². The second-order valence-corrected chi connectivity index (χ2v) is 16.0. The predicted octanol–water partition coefficient (Wildman–Crippen LogP) is 6.33. The summed E-state index contributed by atoms with van der Waals surface area (Å²) in [4.78, 5) is 41.1. The fourth-order valence-corrected chi connectivity index (χ4v) is 9.22. The molecule has 9 rings (SSSR count). The molecule has 14 heteroatoms. The van der Waals surface area contributed by atoms with Crippen LogP contribution in [-0.4, -0.2) is 72.0 Å². The molecule has 1 atom stereocenters. The number of carbonyl (C=O) groups is 2. The third kappa shape index (κ3) is 6.85. The molecule has 0 spiro atoms. The Bertz CT molecular complexity index is 2390. The number of para-hydroxylation sites is 1. The van der Waals surface area contributed by atoms with Gasteiger partial charge in [0.15, 0.2) is 11.5 Å². The minimum Gasteiger partial charge on any atom is -0.369 e. The lowest BCUT2D eigenvalue weighted by Crippen LogP contribution is -2.50.